The molecule has 0 fully saturated rings. The van der Waals surface area contributed by atoms with E-state index in [0.717, 1.165) is 5.01 Å². The first-order chi connectivity index (χ1) is 13.4. The molecule has 0 unspecified atom stereocenters. The van der Waals surface area contributed by atoms with Gasteiger partial charge in [0.2, 0.25) is 0 Å². The molecule has 2 aromatic carbocycles. The molecule has 0 aliphatic carbocycles. The Labute approximate surface area is 163 Å². The maximum atomic E-state index is 12.6. The number of anilines is 1. The molecular formula is C17H11N7O3S. The van der Waals surface area contributed by atoms with Gasteiger partial charge < -0.3 is 5.73 Å². The number of carbonyl (C=O) groups excluding carboxylic acids is 1. The number of hydrogen-bond donors (Lipinski definition) is 2. The summed E-state index contributed by atoms with van der Waals surface area (Å²) in [5.41, 5.74) is 9.25. The second kappa shape index (κ2) is 7.60. The number of thiocarbonyl (C=S) groups is 1. The molecule has 0 saturated heterocycles. The minimum Gasteiger partial charge on any atom is -0.374 e. The standard InChI is InChI=1S/C17H11N7O3S/c18-9-11-3-1-2-4-13(11)20-21-15-14(22-23(16(15)25)17(19)28)10-5-7-12(8-6-10)24(26)27/h1-8,20H,(H2,19,28)/b21-15+. The first-order valence-electron chi connectivity index (χ1n) is 7.73. The van der Waals surface area contributed by atoms with Crippen LogP contribution in [0.25, 0.3) is 0 Å². The molecule has 3 N–H and O–H groups in total. The van der Waals surface area contributed by atoms with Crippen molar-refractivity contribution in [1.29, 1.82) is 5.26 Å². The monoisotopic (exact) mass is 393 g/mol. The lowest BCUT2D eigenvalue weighted by Gasteiger charge is -2.07. The molecule has 0 aromatic heterocycles. The third kappa shape index (κ3) is 3.53. The van der Waals surface area contributed by atoms with Gasteiger partial charge in [0.05, 0.1) is 16.2 Å². The fraction of sp³-hybridized carbons (Fsp3) is 0. The van der Waals surface area contributed by atoms with E-state index in [4.69, 9.17) is 23.2 Å². The molecule has 0 radical (unpaired) electrons. The van der Waals surface area contributed by atoms with E-state index in [2.05, 4.69) is 15.6 Å². The van der Waals surface area contributed by atoms with E-state index in [-0.39, 0.29) is 22.2 Å². The lowest BCUT2D eigenvalue weighted by molar-refractivity contribution is -0.384. The maximum Gasteiger partial charge on any atom is 0.303 e. The largest absolute Gasteiger partial charge is 0.374 e. The van der Waals surface area contributed by atoms with Gasteiger partial charge in [-0.25, -0.2) is 0 Å². The van der Waals surface area contributed by atoms with Crippen LogP contribution in [0.15, 0.2) is 58.7 Å². The predicted molar refractivity (Wildman–Crippen MR) is 105 cm³/mol. The number of nitro benzene ring substituents is 1. The lowest BCUT2D eigenvalue weighted by atomic mass is 10.1. The Morgan fingerprint density at radius 2 is 1.96 bits per heavy atom. The van der Waals surface area contributed by atoms with Crippen LogP contribution in [0.2, 0.25) is 0 Å². The van der Waals surface area contributed by atoms with E-state index in [9.17, 15) is 14.9 Å². The number of non-ortho nitro benzene ring substituents is 1. The summed E-state index contributed by atoms with van der Waals surface area (Å²) in [5, 5.41) is 28.7. The summed E-state index contributed by atoms with van der Waals surface area (Å²) < 4.78 is 0. The fourth-order valence-corrected chi connectivity index (χ4v) is 2.50. The van der Waals surface area contributed by atoms with Crippen molar-refractivity contribution in [3.05, 3.63) is 69.8 Å². The zero-order valence-corrected chi connectivity index (χ0v) is 14.9. The number of para-hydroxylation sites is 1. The highest BCUT2D eigenvalue weighted by Gasteiger charge is 2.35. The Morgan fingerprint density at radius 1 is 1.29 bits per heavy atom. The third-order valence-corrected chi connectivity index (χ3v) is 3.89. The molecule has 1 aliphatic heterocycles. The second-order valence-corrected chi connectivity index (χ2v) is 5.86. The van der Waals surface area contributed by atoms with Crippen LogP contribution in [0.1, 0.15) is 11.1 Å². The van der Waals surface area contributed by atoms with Crippen molar-refractivity contribution in [1.82, 2.24) is 5.01 Å². The minimum atomic E-state index is -0.664. The van der Waals surface area contributed by atoms with Gasteiger partial charge in [-0.1, -0.05) is 12.1 Å². The van der Waals surface area contributed by atoms with E-state index < -0.39 is 10.8 Å². The quantitative estimate of drug-likeness (QED) is 0.456. The fourth-order valence-electron chi connectivity index (χ4n) is 2.37. The number of rotatable bonds is 4. The number of nitrogens with two attached hydrogens (primary N) is 1. The highest BCUT2D eigenvalue weighted by atomic mass is 32.1. The predicted octanol–water partition coefficient (Wildman–Crippen LogP) is 1.72. The highest BCUT2D eigenvalue weighted by molar-refractivity contribution is 7.80. The summed E-state index contributed by atoms with van der Waals surface area (Å²) in [6, 6.07) is 14.0. The molecule has 0 bridgehead atoms. The molecule has 0 atom stereocenters. The molecule has 28 heavy (non-hydrogen) atoms. The minimum absolute atomic E-state index is 0.102. The Bertz CT molecular complexity index is 1090. The summed E-state index contributed by atoms with van der Waals surface area (Å²) >= 11 is 4.83. The van der Waals surface area contributed by atoms with Crippen molar-refractivity contribution >= 4 is 46.0 Å². The van der Waals surface area contributed by atoms with Gasteiger partial charge >= 0.3 is 5.91 Å². The summed E-state index contributed by atoms with van der Waals surface area (Å²) in [6.45, 7) is 0. The van der Waals surface area contributed by atoms with Gasteiger partial charge in [0.15, 0.2) is 10.8 Å². The van der Waals surface area contributed by atoms with Crippen LogP contribution < -0.4 is 11.2 Å². The molecule has 3 rings (SSSR count). The summed E-state index contributed by atoms with van der Waals surface area (Å²) in [6.07, 6.45) is 0. The number of benzene rings is 2. The van der Waals surface area contributed by atoms with E-state index in [1.54, 1.807) is 24.3 Å². The maximum absolute atomic E-state index is 12.6. The smallest absolute Gasteiger partial charge is 0.303 e. The van der Waals surface area contributed by atoms with E-state index in [1.807, 2.05) is 6.07 Å². The molecule has 0 saturated carbocycles. The van der Waals surface area contributed by atoms with Crippen molar-refractivity contribution in [2.24, 2.45) is 15.9 Å². The Kier molecular flexibility index (Phi) is 5.05. The van der Waals surface area contributed by atoms with Gasteiger partial charge in [-0.05, 0) is 36.5 Å². The number of nitrogens with one attached hydrogen (secondary N) is 1. The normalized spacial score (nSPS) is 14.5. The van der Waals surface area contributed by atoms with Crippen molar-refractivity contribution in [3.8, 4) is 6.07 Å². The van der Waals surface area contributed by atoms with Crippen molar-refractivity contribution in [2.75, 3.05) is 5.43 Å². The zero-order valence-electron chi connectivity index (χ0n) is 14.1. The topological polar surface area (TPSA) is 150 Å². The van der Waals surface area contributed by atoms with Gasteiger partial charge in [0, 0.05) is 17.7 Å². The Morgan fingerprint density at radius 3 is 2.57 bits per heavy atom. The number of hydrazone groups is 2. The number of nitro groups is 1. The molecule has 10 nitrogen and oxygen atoms in total. The van der Waals surface area contributed by atoms with E-state index >= 15 is 0 Å². The van der Waals surface area contributed by atoms with Gasteiger partial charge in [0.1, 0.15) is 11.8 Å². The van der Waals surface area contributed by atoms with E-state index in [0.29, 0.717) is 16.8 Å². The Balaban J connectivity index is 2.00. The summed E-state index contributed by atoms with van der Waals surface area (Å²) in [5.74, 6) is -0.664. The average molecular weight is 393 g/mol. The molecule has 138 valence electrons. The van der Waals surface area contributed by atoms with Crippen molar-refractivity contribution in [2.45, 2.75) is 0 Å². The molecule has 0 spiro atoms. The molecule has 11 heteroatoms. The van der Waals surface area contributed by atoms with Crippen LogP contribution in [-0.2, 0) is 4.79 Å². The zero-order chi connectivity index (χ0) is 20.3. The molecule has 1 aliphatic rings. The highest BCUT2D eigenvalue weighted by Crippen LogP contribution is 2.19. The van der Waals surface area contributed by atoms with Crippen LogP contribution in [0.3, 0.4) is 0 Å². The van der Waals surface area contributed by atoms with Crippen LogP contribution in [0.5, 0.6) is 0 Å². The Hall–Kier alpha value is -4.17. The van der Waals surface area contributed by atoms with Gasteiger partial charge in [-0.15, -0.1) is 0 Å². The summed E-state index contributed by atoms with van der Waals surface area (Å²) in [7, 11) is 0. The summed E-state index contributed by atoms with van der Waals surface area (Å²) in [4.78, 5) is 22.9. The number of nitrogens with zero attached hydrogens (tertiary/aromatic N) is 5. The van der Waals surface area contributed by atoms with Crippen LogP contribution in [0, 0.1) is 21.4 Å². The number of nitriles is 1. The molecule has 1 heterocycles. The number of carbonyl (C=O) groups is 1. The van der Waals surface area contributed by atoms with Gasteiger partial charge in [-0.3, -0.25) is 20.3 Å². The molecular weight excluding hydrogens is 382 g/mol. The van der Waals surface area contributed by atoms with Gasteiger partial charge in [-0.2, -0.15) is 20.5 Å². The van der Waals surface area contributed by atoms with Crippen LogP contribution in [-0.4, -0.2) is 32.4 Å². The third-order valence-electron chi connectivity index (χ3n) is 3.72. The van der Waals surface area contributed by atoms with E-state index in [1.165, 1.54) is 24.3 Å². The van der Waals surface area contributed by atoms with Gasteiger partial charge in [0.25, 0.3) is 5.69 Å². The number of hydrogen-bond acceptors (Lipinski definition) is 8. The number of amides is 1. The van der Waals surface area contributed by atoms with Crippen LogP contribution in [0.4, 0.5) is 11.4 Å². The SMILES string of the molecule is N#Cc1ccccc1N/N=C1/C(=O)N(C(N)=S)N=C1c1ccc([N+](=O)[O-])cc1. The van der Waals surface area contributed by atoms with Crippen molar-refractivity contribution < 1.29 is 9.72 Å². The van der Waals surface area contributed by atoms with Crippen LogP contribution >= 0.6 is 12.2 Å². The lowest BCUT2D eigenvalue weighted by Crippen LogP contribution is -2.36. The second-order valence-electron chi connectivity index (χ2n) is 5.44. The molecule has 1 amide bonds. The average Bonchev–Trinajstić information content (AvgIpc) is 3.03. The molecule has 2 aromatic rings. The first kappa shape index (κ1) is 18.6. The van der Waals surface area contributed by atoms with Crippen molar-refractivity contribution in [3.63, 3.8) is 0 Å². The first-order valence-corrected chi connectivity index (χ1v) is 8.13.